The van der Waals surface area contributed by atoms with E-state index >= 15 is 0 Å². The monoisotopic (exact) mass is 353 g/mol. The smallest absolute Gasteiger partial charge is 0.407 e. The molecular weight excluding hydrogens is 330 g/mol. The highest BCUT2D eigenvalue weighted by Gasteiger charge is 2.30. The fraction of sp³-hybridized carbons (Fsp3) is 0.333. The zero-order chi connectivity index (χ0) is 18.7. The molecule has 5 nitrogen and oxygen atoms in total. The molecule has 1 aliphatic rings. The predicted octanol–water partition coefficient (Wildman–Crippen LogP) is 4.02. The van der Waals surface area contributed by atoms with Crippen molar-refractivity contribution in [3.8, 4) is 11.1 Å². The largest absolute Gasteiger partial charge is 0.480 e. The summed E-state index contributed by atoms with van der Waals surface area (Å²) in [5, 5.41) is 11.8. The minimum atomic E-state index is -1.05. The minimum Gasteiger partial charge on any atom is -0.480 e. The molecule has 0 spiro atoms. The van der Waals surface area contributed by atoms with Crippen molar-refractivity contribution < 1.29 is 19.4 Å². The molecule has 0 fully saturated rings. The van der Waals surface area contributed by atoms with Crippen LogP contribution < -0.4 is 5.32 Å². The molecule has 0 saturated carbocycles. The number of amides is 1. The lowest BCUT2D eigenvalue weighted by atomic mass is 9.98. The number of hydrogen-bond donors (Lipinski definition) is 2. The highest BCUT2D eigenvalue weighted by Crippen LogP contribution is 2.44. The van der Waals surface area contributed by atoms with Gasteiger partial charge in [-0.2, -0.15) is 0 Å². The van der Waals surface area contributed by atoms with Gasteiger partial charge >= 0.3 is 12.1 Å². The van der Waals surface area contributed by atoms with Crippen LogP contribution in [0, 0.1) is 5.92 Å². The van der Waals surface area contributed by atoms with Gasteiger partial charge < -0.3 is 15.2 Å². The van der Waals surface area contributed by atoms with E-state index < -0.39 is 18.1 Å². The van der Waals surface area contributed by atoms with Crippen molar-refractivity contribution in [1.29, 1.82) is 0 Å². The van der Waals surface area contributed by atoms with E-state index in [0.29, 0.717) is 6.42 Å². The number of nitrogens with one attached hydrogen (secondary N) is 1. The third kappa shape index (κ3) is 3.43. The maximum absolute atomic E-state index is 12.2. The molecule has 0 saturated heterocycles. The first-order valence-electron chi connectivity index (χ1n) is 8.87. The van der Waals surface area contributed by atoms with E-state index in [1.54, 1.807) is 6.92 Å². The van der Waals surface area contributed by atoms with Gasteiger partial charge in [0, 0.05) is 5.92 Å². The third-order valence-electron chi connectivity index (χ3n) is 5.10. The van der Waals surface area contributed by atoms with Crippen LogP contribution in [0.3, 0.4) is 0 Å². The van der Waals surface area contributed by atoms with Crippen LogP contribution in [0.4, 0.5) is 4.79 Å². The van der Waals surface area contributed by atoms with Crippen molar-refractivity contribution in [2.45, 2.75) is 32.2 Å². The van der Waals surface area contributed by atoms with Gasteiger partial charge in [-0.05, 0) is 28.2 Å². The van der Waals surface area contributed by atoms with Crippen LogP contribution in [0.5, 0.6) is 0 Å². The molecule has 2 aromatic rings. The third-order valence-corrected chi connectivity index (χ3v) is 5.10. The van der Waals surface area contributed by atoms with Crippen molar-refractivity contribution in [2.24, 2.45) is 5.92 Å². The molecule has 0 bridgehead atoms. The summed E-state index contributed by atoms with van der Waals surface area (Å²) in [6.45, 7) is 3.86. The lowest BCUT2D eigenvalue weighted by Gasteiger charge is -2.21. The Morgan fingerprint density at radius 1 is 1.08 bits per heavy atom. The zero-order valence-electron chi connectivity index (χ0n) is 14.9. The first kappa shape index (κ1) is 18.0. The summed E-state index contributed by atoms with van der Waals surface area (Å²) < 4.78 is 5.40. The van der Waals surface area contributed by atoms with Gasteiger partial charge in [0.25, 0.3) is 0 Å². The Balaban J connectivity index is 1.72. The summed E-state index contributed by atoms with van der Waals surface area (Å²) in [6, 6.07) is 15.2. The first-order valence-corrected chi connectivity index (χ1v) is 8.87. The van der Waals surface area contributed by atoms with E-state index in [-0.39, 0.29) is 18.4 Å². The zero-order valence-corrected chi connectivity index (χ0v) is 14.9. The van der Waals surface area contributed by atoms with E-state index in [4.69, 9.17) is 4.74 Å². The highest BCUT2D eigenvalue weighted by atomic mass is 16.5. The average molecular weight is 353 g/mol. The Kier molecular flexibility index (Phi) is 5.26. The van der Waals surface area contributed by atoms with Gasteiger partial charge in [0.15, 0.2) is 0 Å². The van der Waals surface area contributed by atoms with Gasteiger partial charge in [-0.3, -0.25) is 0 Å². The summed E-state index contributed by atoms with van der Waals surface area (Å²) >= 11 is 0. The number of carbonyl (C=O) groups is 2. The van der Waals surface area contributed by atoms with Crippen LogP contribution in [-0.2, 0) is 9.53 Å². The van der Waals surface area contributed by atoms with E-state index in [0.717, 1.165) is 22.3 Å². The quantitative estimate of drug-likeness (QED) is 0.822. The number of fused-ring (bicyclic) bond motifs is 3. The molecule has 26 heavy (non-hydrogen) atoms. The highest BCUT2D eigenvalue weighted by molar-refractivity contribution is 5.81. The van der Waals surface area contributed by atoms with Gasteiger partial charge in [0.2, 0.25) is 0 Å². The normalized spacial score (nSPS) is 14.8. The summed E-state index contributed by atoms with van der Waals surface area (Å²) in [4.78, 5) is 23.5. The van der Waals surface area contributed by atoms with Crippen LogP contribution in [0.15, 0.2) is 48.5 Å². The van der Waals surface area contributed by atoms with Gasteiger partial charge in [-0.1, -0.05) is 68.8 Å². The number of ether oxygens (including phenoxy) is 1. The number of carboxylic acid groups (broad SMARTS) is 1. The molecule has 2 atom stereocenters. The molecule has 1 amide bonds. The molecule has 1 unspecified atom stereocenters. The second kappa shape index (κ2) is 7.60. The van der Waals surface area contributed by atoms with Crippen LogP contribution >= 0.6 is 0 Å². The number of alkyl carbamates (subject to hydrolysis) is 1. The first-order chi connectivity index (χ1) is 12.5. The Morgan fingerprint density at radius 2 is 1.62 bits per heavy atom. The fourth-order valence-electron chi connectivity index (χ4n) is 3.45. The maximum Gasteiger partial charge on any atom is 0.407 e. The standard InChI is InChI=1S/C21H23NO4/c1-3-13(2)19(20(23)24)22-21(25)26-12-18-16-10-6-4-8-14(16)15-9-5-7-11-17(15)18/h4-11,13,18-19H,3,12H2,1-2H3,(H,22,25)(H,23,24)/t13?,19-/m0/s1. The van der Waals surface area contributed by atoms with Gasteiger partial charge in [0.1, 0.15) is 12.6 Å². The van der Waals surface area contributed by atoms with Gasteiger partial charge in [0.05, 0.1) is 0 Å². The lowest BCUT2D eigenvalue weighted by Crippen LogP contribution is -2.45. The molecule has 0 heterocycles. The number of hydrogen-bond acceptors (Lipinski definition) is 3. The van der Waals surface area contributed by atoms with Crippen molar-refractivity contribution >= 4 is 12.1 Å². The molecule has 2 aromatic carbocycles. The van der Waals surface area contributed by atoms with Gasteiger partial charge in [-0.25, -0.2) is 9.59 Å². The topological polar surface area (TPSA) is 75.6 Å². The average Bonchev–Trinajstić information content (AvgIpc) is 2.97. The number of carbonyl (C=O) groups excluding carboxylic acids is 1. The second-order valence-corrected chi connectivity index (χ2v) is 6.67. The molecule has 2 N–H and O–H groups in total. The molecule has 3 rings (SSSR count). The summed E-state index contributed by atoms with van der Waals surface area (Å²) in [5.41, 5.74) is 4.55. The maximum atomic E-state index is 12.2. The van der Waals surface area contributed by atoms with Crippen LogP contribution in [0.1, 0.15) is 37.3 Å². The Labute approximate surface area is 153 Å². The van der Waals surface area contributed by atoms with Crippen molar-refractivity contribution in [2.75, 3.05) is 6.61 Å². The minimum absolute atomic E-state index is 0.0416. The van der Waals surface area contributed by atoms with Gasteiger partial charge in [-0.15, -0.1) is 0 Å². The van der Waals surface area contributed by atoms with E-state index in [1.807, 2.05) is 43.3 Å². The number of carboxylic acids is 1. The van der Waals surface area contributed by atoms with E-state index in [1.165, 1.54) is 0 Å². The number of benzene rings is 2. The van der Waals surface area contributed by atoms with Crippen LogP contribution in [0.25, 0.3) is 11.1 Å². The predicted molar refractivity (Wildman–Crippen MR) is 99.1 cm³/mol. The van der Waals surface area contributed by atoms with Crippen molar-refractivity contribution in [3.63, 3.8) is 0 Å². The summed E-state index contributed by atoms with van der Waals surface area (Å²) in [7, 11) is 0. The van der Waals surface area contributed by atoms with E-state index in [9.17, 15) is 14.7 Å². The summed E-state index contributed by atoms with van der Waals surface area (Å²) in [6.07, 6.45) is -0.0415. The molecule has 5 heteroatoms. The molecule has 136 valence electrons. The summed E-state index contributed by atoms with van der Waals surface area (Å²) in [5.74, 6) is -1.26. The van der Waals surface area contributed by atoms with Crippen molar-refractivity contribution in [3.05, 3.63) is 59.7 Å². The van der Waals surface area contributed by atoms with E-state index in [2.05, 4.69) is 17.4 Å². The molecule has 0 aromatic heterocycles. The molecule has 1 aliphatic carbocycles. The Bertz CT molecular complexity index is 772. The van der Waals surface area contributed by atoms with Crippen LogP contribution in [-0.4, -0.2) is 29.8 Å². The SMILES string of the molecule is CCC(C)[C@H](NC(=O)OCC1c2ccccc2-c2ccccc21)C(=O)O. The van der Waals surface area contributed by atoms with Crippen LogP contribution in [0.2, 0.25) is 0 Å². The Morgan fingerprint density at radius 3 is 2.12 bits per heavy atom. The molecule has 0 aliphatic heterocycles. The van der Waals surface area contributed by atoms with Crippen molar-refractivity contribution in [1.82, 2.24) is 5.32 Å². The number of aliphatic carboxylic acids is 1. The molecular formula is C21H23NO4. The number of rotatable bonds is 6. The second-order valence-electron chi connectivity index (χ2n) is 6.67. The molecule has 0 radical (unpaired) electrons. The Hall–Kier alpha value is -2.82. The lowest BCUT2D eigenvalue weighted by molar-refractivity contribution is -0.140. The fourth-order valence-corrected chi connectivity index (χ4v) is 3.45.